The van der Waals surface area contributed by atoms with E-state index < -0.39 is 0 Å². The SMILES string of the molecule is CC(C)(c1ccc2ccc(OCC3CO3)c(Br)c2c1)c1ccc2ccc(OCC3CO3)c(Br)c2c1. The first-order chi connectivity index (χ1) is 16.9. The summed E-state index contributed by atoms with van der Waals surface area (Å²) in [5, 5.41) is 4.64. The largest absolute Gasteiger partial charge is 0.490 e. The van der Waals surface area contributed by atoms with Gasteiger partial charge in [0.1, 0.15) is 36.9 Å². The van der Waals surface area contributed by atoms with Crippen LogP contribution < -0.4 is 9.47 Å². The zero-order valence-corrected chi connectivity index (χ0v) is 22.8. The van der Waals surface area contributed by atoms with E-state index in [1.807, 2.05) is 12.1 Å². The number of hydrogen-bond acceptors (Lipinski definition) is 4. The van der Waals surface area contributed by atoms with Crippen LogP contribution >= 0.6 is 31.9 Å². The van der Waals surface area contributed by atoms with E-state index in [9.17, 15) is 0 Å². The summed E-state index contributed by atoms with van der Waals surface area (Å²) in [7, 11) is 0. The second kappa shape index (κ2) is 9.07. The fourth-order valence-electron chi connectivity index (χ4n) is 4.39. The maximum absolute atomic E-state index is 5.99. The molecular formula is C29H26Br2O4. The number of rotatable bonds is 8. The van der Waals surface area contributed by atoms with Crippen molar-refractivity contribution in [2.75, 3.05) is 26.4 Å². The first-order valence-corrected chi connectivity index (χ1v) is 13.4. The lowest BCUT2D eigenvalue weighted by Crippen LogP contribution is -2.18. The molecule has 35 heavy (non-hydrogen) atoms. The standard InChI is InChI=1S/C29H26Br2O4/c1-29(2,19-7-3-17-5-9-25(27(30)23(17)11-19)34-15-21-13-32-21)20-8-4-18-6-10-26(28(31)24(18)12-20)35-16-22-14-33-22/h3-12,21-22H,13-16H2,1-2H3. The Morgan fingerprint density at radius 3 is 1.51 bits per heavy atom. The molecule has 0 spiro atoms. The molecule has 4 nitrogen and oxygen atoms in total. The molecule has 0 aliphatic carbocycles. The maximum Gasteiger partial charge on any atom is 0.134 e. The Hall–Kier alpha value is -2.12. The number of benzene rings is 4. The molecule has 0 aromatic heterocycles. The average molecular weight is 598 g/mol. The zero-order chi connectivity index (χ0) is 24.2. The molecule has 6 rings (SSSR count). The van der Waals surface area contributed by atoms with Gasteiger partial charge in [-0.05, 0) is 88.8 Å². The molecule has 180 valence electrons. The van der Waals surface area contributed by atoms with Crippen molar-refractivity contribution in [3.8, 4) is 11.5 Å². The molecule has 2 unspecified atom stereocenters. The fourth-order valence-corrected chi connectivity index (χ4v) is 5.57. The smallest absolute Gasteiger partial charge is 0.134 e. The highest BCUT2D eigenvalue weighted by Crippen LogP contribution is 2.41. The summed E-state index contributed by atoms with van der Waals surface area (Å²) >= 11 is 7.59. The molecule has 4 aromatic rings. The molecule has 2 atom stereocenters. The van der Waals surface area contributed by atoms with Crippen LogP contribution in [0.1, 0.15) is 25.0 Å². The molecule has 0 radical (unpaired) electrons. The van der Waals surface area contributed by atoms with Gasteiger partial charge in [0, 0.05) is 5.41 Å². The molecule has 0 saturated carbocycles. The van der Waals surface area contributed by atoms with Crippen molar-refractivity contribution in [1.82, 2.24) is 0 Å². The molecule has 0 bridgehead atoms. The van der Waals surface area contributed by atoms with Gasteiger partial charge in [0.2, 0.25) is 0 Å². The van der Waals surface area contributed by atoms with E-state index >= 15 is 0 Å². The van der Waals surface area contributed by atoms with E-state index in [2.05, 4.69) is 94.2 Å². The summed E-state index contributed by atoms with van der Waals surface area (Å²) in [5.41, 5.74) is 2.27. The number of fused-ring (bicyclic) bond motifs is 2. The lowest BCUT2D eigenvalue weighted by Gasteiger charge is -2.27. The third-order valence-electron chi connectivity index (χ3n) is 6.94. The van der Waals surface area contributed by atoms with Crippen molar-refractivity contribution in [2.24, 2.45) is 0 Å². The van der Waals surface area contributed by atoms with E-state index in [-0.39, 0.29) is 17.6 Å². The summed E-state index contributed by atoms with van der Waals surface area (Å²) in [6.07, 6.45) is 0.450. The van der Waals surface area contributed by atoms with Gasteiger partial charge >= 0.3 is 0 Å². The Bertz CT molecular complexity index is 1320. The molecule has 4 aromatic carbocycles. The Morgan fingerprint density at radius 1 is 0.714 bits per heavy atom. The number of epoxide rings is 2. The minimum absolute atomic E-state index is 0.210. The van der Waals surface area contributed by atoms with Gasteiger partial charge in [-0.2, -0.15) is 0 Å². The molecule has 6 heteroatoms. The molecule has 2 aliphatic rings. The van der Waals surface area contributed by atoms with Crippen LogP contribution in [0.3, 0.4) is 0 Å². The minimum Gasteiger partial charge on any atom is -0.490 e. The Labute approximate surface area is 221 Å². The third kappa shape index (κ3) is 4.69. The van der Waals surface area contributed by atoms with Crippen molar-refractivity contribution < 1.29 is 18.9 Å². The van der Waals surface area contributed by atoms with Crippen LogP contribution in [0.2, 0.25) is 0 Å². The van der Waals surface area contributed by atoms with Crippen LogP contribution in [0.4, 0.5) is 0 Å². The van der Waals surface area contributed by atoms with Crippen LogP contribution in [0.15, 0.2) is 69.6 Å². The summed E-state index contributed by atoms with van der Waals surface area (Å²) in [4.78, 5) is 0. The highest BCUT2D eigenvalue weighted by Gasteiger charge is 2.27. The van der Waals surface area contributed by atoms with Gasteiger partial charge in [-0.25, -0.2) is 0 Å². The average Bonchev–Trinajstić information content (AvgIpc) is 3.78. The highest BCUT2D eigenvalue weighted by molar-refractivity contribution is 9.11. The zero-order valence-electron chi connectivity index (χ0n) is 19.6. The van der Waals surface area contributed by atoms with Gasteiger partial charge in [0.05, 0.1) is 22.2 Å². The second-order valence-corrected chi connectivity index (χ2v) is 11.4. The van der Waals surface area contributed by atoms with E-state index in [0.29, 0.717) is 13.2 Å². The molecule has 2 saturated heterocycles. The summed E-state index contributed by atoms with van der Waals surface area (Å²) in [6, 6.07) is 21.6. The Kier molecular flexibility index (Phi) is 6.04. The van der Waals surface area contributed by atoms with Gasteiger partial charge < -0.3 is 18.9 Å². The van der Waals surface area contributed by atoms with Crippen molar-refractivity contribution in [3.05, 3.63) is 80.7 Å². The fraction of sp³-hybridized carbons (Fsp3) is 0.310. The molecule has 0 N–H and O–H groups in total. The lowest BCUT2D eigenvalue weighted by molar-refractivity contribution is 0.262. The number of halogens is 2. The maximum atomic E-state index is 5.99. The highest BCUT2D eigenvalue weighted by atomic mass is 79.9. The van der Waals surface area contributed by atoms with E-state index in [1.165, 1.54) is 21.9 Å². The van der Waals surface area contributed by atoms with Crippen LogP contribution in [0.25, 0.3) is 21.5 Å². The predicted octanol–water partition coefficient (Wildman–Crippen LogP) is 7.40. The lowest BCUT2D eigenvalue weighted by atomic mass is 9.77. The first kappa shape index (κ1) is 23.3. The summed E-state index contributed by atoms with van der Waals surface area (Å²) in [6.45, 7) is 7.28. The van der Waals surface area contributed by atoms with Crippen molar-refractivity contribution >= 4 is 53.4 Å². The van der Waals surface area contributed by atoms with Crippen LogP contribution in [0, 0.1) is 0 Å². The molecule has 2 aliphatic heterocycles. The first-order valence-electron chi connectivity index (χ1n) is 11.8. The Balaban J connectivity index is 1.35. The van der Waals surface area contributed by atoms with E-state index in [4.69, 9.17) is 18.9 Å². The molecule has 2 fully saturated rings. The van der Waals surface area contributed by atoms with E-state index in [0.717, 1.165) is 44.4 Å². The van der Waals surface area contributed by atoms with Crippen molar-refractivity contribution in [2.45, 2.75) is 31.5 Å². The topological polar surface area (TPSA) is 43.5 Å². The Morgan fingerprint density at radius 2 is 1.11 bits per heavy atom. The van der Waals surface area contributed by atoms with Crippen LogP contribution in [-0.4, -0.2) is 38.6 Å². The number of ether oxygens (including phenoxy) is 4. The summed E-state index contributed by atoms with van der Waals surface area (Å²) < 4.78 is 24.5. The van der Waals surface area contributed by atoms with Gasteiger partial charge in [-0.1, -0.05) is 50.2 Å². The normalized spacial score (nSPS) is 19.2. The van der Waals surface area contributed by atoms with Crippen LogP contribution in [-0.2, 0) is 14.9 Å². The van der Waals surface area contributed by atoms with Gasteiger partial charge in [0.15, 0.2) is 0 Å². The number of hydrogen-bond donors (Lipinski definition) is 0. The predicted molar refractivity (Wildman–Crippen MR) is 146 cm³/mol. The van der Waals surface area contributed by atoms with Gasteiger partial charge in [-0.3, -0.25) is 0 Å². The van der Waals surface area contributed by atoms with E-state index in [1.54, 1.807) is 0 Å². The van der Waals surface area contributed by atoms with Crippen molar-refractivity contribution in [1.29, 1.82) is 0 Å². The van der Waals surface area contributed by atoms with Gasteiger partial charge in [0.25, 0.3) is 0 Å². The second-order valence-electron chi connectivity index (χ2n) is 9.78. The third-order valence-corrected chi connectivity index (χ3v) is 8.57. The molecule has 0 amide bonds. The van der Waals surface area contributed by atoms with Crippen LogP contribution in [0.5, 0.6) is 11.5 Å². The summed E-state index contributed by atoms with van der Waals surface area (Å²) in [5.74, 6) is 1.70. The monoisotopic (exact) mass is 596 g/mol. The molecular weight excluding hydrogens is 572 g/mol. The molecule has 2 heterocycles. The quantitative estimate of drug-likeness (QED) is 0.199. The van der Waals surface area contributed by atoms with Crippen molar-refractivity contribution in [3.63, 3.8) is 0 Å². The minimum atomic E-state index is -0.210. The van der Waals surface area contributed by atoms with Gasteiger partial charge in [-0.15, -0.1) is 0 Å².